The molecule has 0 aliphatic carbocycles. The Kier molecular flexibility index (Phi) is 2.24. The molecule has 4 heteroatoms. The van der Waals surface area contributed by atoms with Crippen LogP contribution in [0.15, 0.2) is 16.8 Å². The van der Waals surface area contributed by atoms with Gasteiger partial charge in [-0.2, -0.15) is 5.26 Å². The van der Waals surface area contributed by atoms with Crippen LogP contribution < -0.4 is 0 Å². The standard InChI is InChI=1S/C8H9N3O/c1-11(2)7-3-4-10-8(12)6(7)5-9/h3-4,6H,1-2H3. The van der Waals surface area contributed by atoms with E-state index in [1.165, 1.54) is 6.21 Å². The van der Waals surface area contributed by atoms with Crippen molar-refractivity contribution in [1.29, 1.82) is 5.26 Å². The van der Waals surface area contributed by atoms with Gasteiger partial charge in [-0.15, -0.1) is 0 Å². The van der Waals surface area contributed by atoms with Gasteiger partial charge in [0.05, 0.1) is 6.07 Å². The Labute approximate surface area is 70.8 Å². The van der Waals surface area contributed by atoms with Crippen molar-refractivity contribution in [3.63, 3.8) is 0 Å². The number of aliphatic imine (C=N–C) groups is 1. The maximum atomic E-state index is 11.1. The van der Waals surface area contributed by atoms with Gasteiger partial charge < -0.3 is 4.90 Å². The van der Waals surface area contributed by atoms with Crippen LogP contribution >= 0.6 is 0 Å². The van der Waals surface area contributed by atoms with Gasteiger partial charge in [0.2, 0.25) is 0 Å². The van der Waals surface area contributed by atoms with Gasteiger partial charge in [-0.05, 0) is 6.08 Å². The van der Waals surface area contributed by atoms with Gasteiger partial charge in [-0.1, -0.05) is 0 Å². The number of carbonyl (C=O) groups excluding carboxylic acids is 1. The molecule has 1 unspecified atom stereocenters. The number of rotatable bonds is 1. The summed E-state index contributed by atoms with van der Waals surface area (Å²) < 4.78 is 0. The van der Waals surface area contributed by atoms with E-state index in [2.05, 4.69) is 4.99 Å². The number of nitrogens with zero attached hydrogens (tertiary/aromatic N) is 3. The number of hydrogen-bond acceptors (Lipinski definition) is 3. The Balaban J connectivity index is 2.98. The third kappa shape index (κ3) is 1.35. The molecule has 0 spiro atoms. The molecule has 1 aliphatic rings. The Hall–Kier alpha value is -1.63. The van der Waals surface area contributed by atoms with E-state index in [9.17, 15) is 4.79 Å². The third-order valence-electron chi connectivity index (χ3n) is 1.64. The van der Waals surface area contributed by atoms with Gasteiger partial charge in [0.1, 0.15) is 0 Å². The summed E-state index contributed by atoms with van der Waals surface area (Å²) in [4.78, 5) is 16.3. The molecule has 0 aromatic carbocycles. The third-order valence-corrected chi connectivity index (χ3v) is 1.64. The van der Waals surface area contributed by atoms with Crippen LogP contribution in [-0.4, -0.2) is 31.1 Å². The van der Waals surface area contributed by atoms with E-state index in [1.54, 1.807) is 25.1 Å². The molecular weight excluding hydrogens is 154 g/mol. The molecule has 0 N–H and O–H groups in total. The van der Waals surface area contributed by atoms with Gasteiger partial charge in [-0.3, -0.25) is 4.79 Å². The lowest BCUT2D eigenvalue weighted by Crippen LogP contribution is -2.26. The van der Waals surface area contributed by atoms with E-state index >= 15 is 0 Å². The topological polar surface area (TPSA) is 56.5 Å². The summed E-state index contributed by atoms with van der Waals surface area (Å²) in [5.41, 5.74) is 0.692. The van der Waals surface area contributed by atoms with Crippen molar-refractivity contribution >= 4 is 12.1 Å². The number of carbonyl (C=O) groups is 1. The van der Waals surface area contributed by atoms with Gasteiger partial charge in [0.15, 0.2) is 5.92 Å². The van der Waals surface area contributed by atoms with Crippen LogP contribution in [0.3, 0.4) is 0 Å². The maximum Gasteiger partial charge on any atom is 0.269 e. The predicted octanol–water partition coefficient (Wildman–Crippen LogP) is 0.183. The van der Waals surface area contributed by atoms with Crippen LogP contribution in [0.25, 0.3) is 0 Å². The summed E-state index contributed by atoms with van der Waals surface area (Å²) >= 11 is 0. The average Bonchev–Trinajstić information content (AvgIpc) is 2.03. The first-order chi connectivity index (χ1) is 5.66. The highest BCUT2D eigenvalue weighted by atomic mass is 16.1. The van der Waals surface area contributed by atoms with Crippen molar-refractivity contribution in [2.75, 3.05) is 14.1 Å². The molecule has 0 saturated heterocycles. The number of hydrogen-bond donors (Lipinski definition) is 0. The van der Waals surface area contributed by atoms with E-state index in [0.717, 1.165) is 0 Å². The lowest BCUT2D eigenvalue weighted by Gasteiger charge is -2.20. The summed E-state index contributed by atoms with van der Waals surface area (Å²) in [6, 6.07) is 1.91. The number of amides is 1. The molecular formula is C8H9N3O. The van der Waals surface area contributed by atoms with E-state index in [0.29, 0.717) is 5.70 Å². The van der Waals surface area contributed by atoms with Crippen molar-refractivity contribution in [3.8, 4) is 6.07 Å². The lowest BCUT2D eigenvalue weighted by atomic mass is 10.0. The normalized spacial score (nSPS) is 21.6. The molecule has 0 bridgehead atoms. The SMILES string of the molecule is CN(C)C1=CC=NC(=O)C1C#N. The minimum atomic E-state index is -0.731. The molecule has 62 valence electrons. The monoisotopic (exact) mass is 163 g/mol. The highest BCUT2D eigenvalue weighted by Crippen LogP contribution is 2.16. The van der Waals surface area contributed by atoms with Crippen LogP contribution in [0.2, 0.25) is 0 Å². The van der Waals surface area contributed by atoms with Crippen LogP contribution in [0.1, 0.15) is 0 Å². The van der Waals surface area contributed by atoms with Crippen molar-refractivity contribution in [3.05, 3.63) is 11.8 Å². The second kappa shape index (κ2) is 3.18. The van der Waals surface area contributed by atoms with E-state index in [1.807, 2.05) is 6.07 Å². The second-order valence-corrected chi connectivity index (χ2v) is 2.66. The highest BCUT2D eigenvalue weighted by Gasteiger charge is 2.25. The summed E-state index contributed by atoms with van der Waals surface area (Å²) in [5, 5.41) is 8.67. The number of allylic oxidation sites excluding steroid dienone is 1. The van der Waals surface area contributed by atoms with Gasteiger partial charge in [-0.25, -0.2) is 4.99 Å². The van der Waals surface area contributed by atoms with Crippen LogP contribution in [0.5, 0.6) is 0 Å². The second-order valence-electron chi connectivity index (χ2n) is 2.66. The Morgan fingerprint density at radius 1 is 1.67 bits per heavy atom. The molecule has 12 heavy (non-hydrogen) atoms. The average molecular weight is 163 g/mol. The molecule has 1 amide bonds. The summed E-state index contributed by atoms with van der Waals surface area (Å²) in [5.74, 6) is -1.12. The van der Waals surface area contributed by atoms with Gasteiger partial charge >= 0.3 is 0 Å². The molecule has 1 atom stereocenters. The number of nitriles is 1. The Bertz CT molecular complexity index is 296. The van der Waals surface area contributed by atoms with Crippen molar-refractivity contribution in [2.24, 2.45) is 10.9 Å². The zero-order chi connectivity index (χ0) is 9.14. The smallest absolute Gasteiger partial charge is 0.269 e. The van der Waals surface area contributed by atoms with Crippen molar-refractivity contribution in [1.82, 2.24) is 4.90 Å². The molecule has 1 aliphatic heterocycles. The zero-order valence-corrected chi connectivity index (χ0v) is 6.98. The molecule has 0 saturated carbocycles. The van der Waals surface area contributed by atoms with Gasteiger partial charge in [0, 0.05) is 26.0 Å². The molecule has 1 rings (SSSR count). The van der Waals surface area contributed by atoms with Crippen LogP contribution in [0, 0.1) is 17.2 Å². The predicted molar refractivity (Wildman–Crippen MR) is 44.4 cm³/mol. The van der Waals surface area contributed by atoms with E-state index in [-0.39, 0.29) is 5.91 Å². The molecule has 0 fully saturated rings. The summed E-state index contributed by atoms with van der Waals surface area (Å²) in [6.07, 6.45) is 3.10. The molecule has 0 aromatic rings. The maximum absolute atomic E-state index is 11.1. The molecule has 1 heterocycles. The minimum Gasteiger partial charge on any atom is -0.379 e. The molecule has 0 aromatic heterocycles. The van der Waals surface area contributed by atoms with Crippen molar-refractivity contribution < 1.29 is 4.79 Å². The first-order valence-corrected chi connectivity index (χ1v) is 3.52. The summed E-state index contributed by atoms with van der Waals surface area (Å²) in [6.45, 7) is 0. The number of dihydropyridines is 1. The fraction of sp³-hybridized carbons (Fsp3) is 0.375. The van der Waals surface area contributed by atoms with E-state index < -0.39 is 5.92 Å². The van der Waals surface area contributed by atoms with Crippen LogP contribution in [0.4, 0.5) is 0 Å². The fourth-order valence-corrected chi connectivity index (χ4v) is 1.01. The quantitative estimate of drug-likeness (QED) is 0.554. The van der Waals surface area contributed by atoms with Gasteiger partial charge in [0.25, 0.3) is 5.91 Å². The van der Waals surface area contributed by atoms with E-state index in [4.69, 9.17) is 5.26 Å². The first-order valence-electron chi connectivity index (χ1n) is 3.52. The van der Waals surface area contributed by atoms with Crippen molar-refractivity contribution in [2.45, 2.75) is 0 Å². The minimum absolute atomic E-state index is 0.385. The summed E-state index contributed by atoms with van der Waals surface area (Å²) in [7, 11) is 3.59. The zero-order valence-electron chi connectivity index (χ0n) is 6.98. The highest BCUT2D eigenvalue weighted by molar-refractivity contribution is 5.96. The largest absolute Gasteiger partial charge is 0.379 e. The van der Waals surface area contributed by atoms with Crippen LogP contribution in [-0.2, 0) is 4.79 Å². The Morgan fingerprint density at radius 3 is 2.75 bits per heavy atom. The molecule has 4 nitrogen and oxygen atoms in total. The lowest BCUT2D eigenvalue weighted by molar-refractivity contribution is -0.119. The Morgan fingerprint density at radius 2 is 2.33 bits per heavy atom. The molecule has 0 radical (unpaired) electrons. The fourth-order valence-electron chi connectivity index (χ4n) is 1.01. The first kappa shape index (κ1) is 8.47.